The molecule has 0 fully saturated rings. The molecule has 0 radical (unpaired) electrons. The van der Waals surface area contributed by atoms with E-state index in [2.05, 4.69) is 5.32 Å². The van der Waals surface area contributed by atoms with Crippen molar-refractivity contribution in [3.05, 3.63) is 66.6 Å². The fourth-order valence-electron chi connectivity index (χ4n) is 2.84. The number of fused-ring (bicyclic) bond motifs is 3. The third kappa shape index (κ3) is 3.08. The van der Waals surface area contributed by atoms with E-state index in [1.165, 1.54) is 0 Å². The number of ether oxygens (including phenoxy) is 1. The van der Waals surface area contributed by atoms with Crippen LogP contribution >= 0.6 is 0 Å². The molecule has 25 heavy (non-hydrogen) atoms. The fraction of sp³-hybridized carbons (Fsp3) is 0.150. The lowest BCUT2D eigenvalue weighted by Crippen LogP contribution is -2.31. The van der Waals surface area contributed by atoms with Gasteiger partial charge in [0.05, 0.1) is 12.3 Å². The van der Waals surface area contributed by atoms with Gasteiger partial charge in [-0.2, -0.15) is 0 Å². The maximum absolute atomic E-state index is 12.1. The molecule has 0 saturated heterocycles. The molecule has 1 amide bonds. The molecule has 1 N–H and O–H groups in total. The van der Waals surface area contributed by atoms with Gasteiger partial charge in [-0.25, -0.2) is 0 Å². The van der Waals surface area contributed by atoms with Crippen molar-refractivity contribution in [1.29, 1.82) is 0 Å². The zero-order valence-corrected chi connectivity index (χ0v) is 13.7. The number of hydrogen-bond acceptors (Lipinski definition) is 4. The van der Waals surface area contributed by atoms with Crippen LogP contribution in [0.1, 0.15) is 18.7 Å². The molecule has 1 atom stereocenters. The number of hydrogen-bond donors (Lipinski definition) is 1. The van der Waals surface area contributed by atoms with Crippen molar-refractivity contribution >= 4 is 27.8 Å². The third-order valence-electron chi connectivity index (χ3n) is 4.07. The van der Waals surface area contributed by atoms with Crippen molar-refractivity contribution in [2.75, 3.05) is 6.61 Å². The smallest absolute Gasteiger partial charge is 0.258 e. The van der Waals surface area contributed by atoms with Crippen LogP contribution in [-0.2, 0) is 4.79 Å². The molecule has 0 aliphatic rings. The van der Waals surface area contributed by atoms with Gasteiger partial charge in [0.15, 0.2) is 6.61 Å². The maximum atomic E-state index is 12.1. The van der Waals surface area contributed by atoms with E-state index in [0.717, 1.165) is 21.9 Å². The minimum absolute atomic E-state index is 0.0632. The Morgan fingerprint density at radius 3 is 2.76 bits per heavy atom. The summed E-state index contributed by atoms with van der Waals surface area (Å²) in [6.45, 7) is 1.80. The van der Waals surface area contributed by atoms with Gasteiger partial charge in [0.2, 0.25) is 0 Å². The summed E-state index contributed by atoms with van der Waals surface area (Å²) in [4.78, 5) is 12.1. The second kappa shape index (κ2) is 6.36. The largest absolute Gasteiger partial charge is 0.484 e. The van der Waals surface area contributed by atoms with Crippen LogP contribution in [0.4, 0.5) is 0 Å². The summed E-state index contributed by atoms with van der Waals surface area (Å²) in [5, 5.41) is 4.83. The molecule has 2 heterocycles. The molecule has 0 spiro atoms. The normalized spacial score (nSPS) is 12.4. The first kappa shape index (κ1) is 15.3. The first-order valence-electron chi connectivity index (χ1n) is 8.07. The molecule has 0 aliphatic carbocycles. The zero-order chi connectivity index (χ0) is 17.2. The lowest BCUT2D eigenvalue weighted by Gasteiger charge is -2.12. The summed E-state index contributed by atoms with van der Waals surface area (Å²) >= 11 is 0. The number of amides is 1. The van der Waals surface area contributed by atoms with E-state index >= 15 is 0 Å². The average molecular weight is 335 g/mol. The van der Waals surface area contributed by atoms with Gasteiger partial charge < -0.3 is 18.9 Å². The molecule has 5 heteroatoms. The first-order chi connectivity index (χ1) is 12.2. The second-order valence-electron chi connectivity index (χ2n) is 5.85. The number of benzene rings is 2. The number of carbonyl (C=O) groups is 1. The van der Waals surface area contributed by atoms with Gasteiger partial charge in [-0.3, -0.25) is 4.79 Å². The van der Waals surface area contributed by atoms with Crippen molar-refractivity contribution in [3.8, 4) is 5.75 Å². The fourth-order valence-corrected chi connectivity index (χ4v) is 2.84. The molecule has 126 valence electrons. The predicted octanol–water partition coefficient (Wildman–Crippen LogP) is 4.44. The molecule has 0 unspecified atom stereocenters. The molecule has 0 bridgehead atoms. The molecular formula is C20H17NO4. The Labute approximate surface area is 144 Å². The standard InChI is InChI=1S/C20H17NO4/c1-13(17-7-4-10-23-17)21-20(22)12-24-14-8-9-19-16(11-14)15-5-2-3-6-18(15)25-19/h2-11,13H,12H2,1H3,(H,21,22)/t13-/m1/s1. The van der Waals surface area contributed by atoms with E-state index in [-0.39, 0.29) is 18.6 Å². The van der Waals surface area contributed by atoms with Crippen LogP contribution in [0.3, 0.4) is 0 Å². The Morgan fingerprint density at radius 1 is 1.08 bits per heavy atom. The molecule has 2 aromatic heterocycles. The number of para-hydroxylation sites is 1. The zero-order valence-electron chi connectivity index (χ0n) is 13.7. The van der Waals surface area contributed by atoms with E-state index in [0.29, 0.717) is 11.5 Å². The van der Waals surface area contributed by atoms with Crippen LogP contribution in [0.25, 0.3) is 21.9 Å². The minimum Gasteiger partial charge on any atom is -0.484 e. The molecule has 4 rings (SSSR count). The second-order valence-corrected chi connectivity index (χ2v) is 5.85. The molecule has 4 aromatic rings. The summed E-state index contributed by atoms with van der Waals surface area (Å²) < 4.78 is 16.7. The number of furan rings is 2. The Morgan fingerprint density at radius 2 is 1.92 bits per heavy atom. The molecule has 2 aromatic carbocycles. The Kier molecular flexibility index (Phi) is 3.90. The van der Waals surface area contributed by atoms with E-state index in [1.54, 1.807) is 18.4 Å². The molecular weight excluding hydrogens is 318 g/mol. The minimum atomic E-state index is -0.207. The van der Waals surface area contributed by atoms with Crippen LogP contribution in [0, 0.1) is 0 Å². The van der Waals surface area contributed by atoms with Crippen LogP contribution < -0.4 is 10.1 Å². The van der Waals surface area contributed by atoms with Crippen LogP contribution in [0.5, 0.6) is 5.75 Å². The van der Waals surface area contributed by atoms with Crippen molar-refractivity contribution in [3.63, 3.8) is 0 Å². The van der Waals surface area contributed by atoms with E-state index < -0.39 is 0 Å². The van der Waals surface area contributed by atoms with E-state index in [9.17, 15) is 4.79 Å². The number of carbonyl (C=O) groups excluding carboxylic acids is 1. The summed E-state index contributed by atoms with van der Waals surface area (Å²) in [6.07, 6.45) is 1.58. The SMILES string of the molecule is C[C@@H](NC(=O)COc1ccc2oc3ccccc3c2c1)c1ccco1. The summed E-state index contributed by atoms with van der Waals surface area (Å²) in [7, 11) is 0. The Balaban J connectivity index is 1.45. The Hall–Kier alpha value is -3.21. The monoisotopic (exact) mass is 335 g/mol. The maximum Gasteiger partial charge on any atom is 0.258 e. The summed E-state index contributed by atoms with van der Waals surface area (Å²) in [6, 6.07) is 16.8. The number of nitrogens with one attached hydrogen (secondary N) is 1. The van der Waals surface area contributed by atoms with Crippen molar-refractivity contribution in [2.24, 2.45) is 0 Å². The highest BCUT2D eigenvalue weighted by molar-refractivity contribution is 6.05. The van der Waals surface area contributed by atoms with Gasteiger partial charge in [0.1, 0.15) is 22.7 Å². The number of rotatable bonds is 5. The summed E-state index contributed by atoms with van der Waals surface area (Å²) in [5.74, 6) is 1.13. The van der Waals surface area contributed by atoms with Gasteiger partial charge in [0.25, 0.3) is 5.91 Å². The molecule has 0 saturated carbocycles. The average Bonchev–Trinajstić information content (AvgIpc) is 3.27. The van der Waals surface area contributed by atoms with Gasteiger partial charge in [-0.15, -0.1) is 0 Å². The van der Waals surface area contributed by atoms with Crippen LogP contribution in [0.15, 0.2) is 69.7 Å². The van der Waals surface area contributed by atoms with Crippen LogP contribution in [0.2, 0.25) is 0 Å². The van der Waals surface area contributed by atoms with Gasteiger partial charge in [0, 0.05) is 10.8 Å². The van der Waals surface area contributed by atoms with Gasteiger partial charge >= 0.3 is 0 Å². The van der Waals surface area contributed by atoms with Gasteiger partial charge in [-0.1, -0.05) is 18.2 Å². The van der Waals surface area contributed by atoms with E-state index in [1.807, 2.05) is 49.4 Å². The third-order valence-corrected chi connectivity index (χ3v) is 4.07. The molecule has 5 nitrogen and oxygen atoms in total. The Bertz CT molecular complexity index is 1020. The van der Waals surface area contributed by atoms with Gasteiger partial charge in [-0.05, 0) is 43.3 Å². The van der Waals surface area contributed by atoms with Crippen LogP contribution in [-0.4, -0.2) is 12.5 Å². The molecule has 0 aliphatic heterocycles. The highest BCUT2D eigenvalue weighted by Crippen LogP contribution is 2.31. The first-order valence-corrected chi connectivity index (χ1v) is 8.07. The lowest BCUT2D eigenvalue weighted by atomic mass is 10.1. The predicted molar refractivity (Wildman–Crippen MR) is 94.5 cm³/mol. The highest BCUT2D eigenvalue weighted by Gasteiger charge is 2.13. The quantitative estimate of drug-likeness (QED) is 0.586. The van der Waals surface area contributed by atoms with Crippen molar-refractivity contribution in [1.82, 2.24) is 5.32 Å². The topological polar surface area (TPSA) is 64.6 Å². The van der Waals surface area contributed by atoms with Crippen molar-refractivity contribution in [2.45, 2.75) is 13.0 Å². The summed E-state index contributed by atoms with van der Waals surface area (Å²) in [5.41, 5.74) is 1.63. The lowest BCUT2D eigenvalue weighted by molar-refractivity contribution is -0.123. The van der Waals surface area contributed by atoms with E-state index in [4.69, 9.17) is 13.6 Å². The highest BCUT2D eigenvalue weighted by atomic mass is 16.5. The van der Waals surface area contributed by atoms with Crippen molar-refractivity contribution < 1.29 is 18.4 Å².